The number of hydrogen-bond donors (Lipinski definition) is 1. The third-order valence-electron chi connectivity index (χ3n) is 1.87. The van der Waals surface area contributed by atoms with E-state index in [0.29, 0.717) is 0 Å². The second kappa shape index (κ2) is 3.25. The van der Waals surface area contributed by atoms with E-state index >= 15 is 0 Å². The maximum atomic E-state index is 5.92. The maximum Gasteiger partial charge on any atom is 0.0661 e. The zero-order valence-electron chi connectivity index (χ0n) is 6.55. The maximum absolute atomic E-state index is 5.92. The summed E-state index contributed by atoms with van der Waals surface area (Å²) in [5.41, 5.74) is 2.45. The lowest BCUT2D eigenvalue weighted by molar-refractivity contribution is 0.675. The van der Waals surface area contributed by atoms with Crippen LogP contribution in [-0.4, -0.2) is 18.1 Å². The van der Waals surface area contributed by atoms with E-state index < -0.39 is 0 Å². The number of nitrogens with zero attached hydrogens (tertiary/aromatic N) is 1. The van der Waals surface area contributed by atoms with Crippen LogP contribution >= 0.6 is 11.6 Å². The molecule has 12 heavy (non-hydrogen) atoms. The summed E-state index contributed by atoms with van der Waals surface area (Å²) in [6.07, 6.45) is 5.53. The topological polar surface area (TPSA) is 24.9 Å². The summed E-state index contributed by atoms with van der Waals surface area (Å²) in [6.45, 7) is 1.97. The van der Waals surface area contributed by atoms with E-state index in [-0.39, 0.29) is 0 Å². The number of pyridine rings is 1. The van der Waals surface area contributed by atoms with Crippen molar-refractivity contribution in [3.8, 4) is 0 Å². The molecule has 1 aromatic rings. The van der Waals surface area contributed by atoms with Crippen molar-refractivity contribution in [3.63, 3.8) is 0 Å². The average Bonchev–Trinajstić information content (AvgIpc) is 2.00. The molecule has 2 nitrogen and oxygen atoms in total. The number of halogens is 1. The molecule has 62 valence electrons. The van der Waals surface area contributed by atoms with Gasteiger partial charge in [-0.1, -0.05) is 17.7 Å². The van der Waals surface area contributed by atoms with E-state index in [0.717, 1.165) is 23.7 Å². The minimum atomic E-state index is 0.719. The van der Waals surface area contributed by atoms with Crippen molar-refractivity contribution in [2.75, 3.05) is 13.1 Å². The summed E-state index contributed by atoms with van der Waals surface area (Å²) >= 11 is 5.92. The van der Waals surface area contributed by atoms with E-state index in [1.54, 1.807) is 12.4 Å². The summed E-state index contributed by atoms with van der Waals surface area (Å²) in [7, 11) is 0. The van der Waals surface area contributed by atoms with Gasteiger partial charge in [0, 0.05) is 25.5 Å². The molecule has 0 unspecified atom stereocenters. The zero-order chi connectivity index (χ0) is 8.39. The molecular weight excluding hydrogens is 172 g/mol. The molecule has 0 atom stereocenters. The van der Waals surface area contributed by atoms with Gasteiger partial charge < -0.3 is 5.32 Å². The Morgan fingerprint density at radius 3 is 2.92 bits per heavy atom. The number of rotatable bonds is 1. The van der Waals surface area contributed by atoms with Gasteiger partial charge in [0.2, 0.25) is 0 Å². The van der Waals surface area contributed by atoms with Gasteiger partial charge in [-0.25, -0.2) is 0 Å². The van der Waals surface area contributed by atoms with Crippen LogP contribution in [0.2, 0.25) is 5.02 Å². The highest BCUT2D eigenvalue weighted by Gasteiger charge is 2.07. The molecule has 1 saturated heterocycles. The molecule has 2 rings (SSSR count). The Hall–Kier alpha value is -0.860. The first-order chi connectivity index (χ1) is 5.86. The molecule has 1 aliphatic heterocycles. The molecule has 0 saturated carbocycles. The highest BCUT2D eigenvalue weighted by Crippen LogP contribution is 2.17. The fraction of sp³-hybridized carbons (Fsp3) is 0.222. The Morgan fingerprint density at radius 1 is 1.50 bits per heavy atom. The molecule has 0 radical (unpaired) electrons. The van der Waals surface area contributed by atoms with Gasteiger partial charge in [0.05, 0.1) is 5.02 Å². The van der Waals surface area contributed by atoms with Crippen molar-refractivity contribution in [2.45, 2.75) is 0 Å². The molecule has 1 aliphatic rings. The summed E-state index contributed by atoms with van der Waals surface area (Å²) in [5, 5.41) is 3.89. The third kappa shape index (κ3) is 1.49. The average molecular weight is 181 g/mol. The van der Waals surface area contributed by atoms with E-state index in [4.69, 9.17) is 11.6 Å². The van der Waals surface area contributed by atoms with Crippen LogP contribution < -0.4 is 5.32 Å². The van der Waals surface area contributed by atoms with Crippen LogP contribution in [0, 0.1) is 0 Å². The Labute approximate surface area is 76.3 Å². The van der Waals surface area contributed by atoms with Crippen molar-refractivity contribution >= 4 is 17.7 Å². The zero-order valence-corrected chi connectivity index (χ0v) is 7.30. The predicted molar refractivity (Wildman–Crippen MR) is 50.1 cm³/mol. The quantitative estimate of drug-likeness (QED) is 0.712. The molecule has 0 aliphatic carbocycles. The van der Waals surface area contributed by atoms with Crippen molar-refractivity contribution in [1.29, 1.82) is 0 Å². The normalized spacial score (nSPS) is 15.6. The monoisotopic (exact) mass is 180 g/mol. The Bertz CT molecular complexity index is 314. The van der Waals surface area contributed by atoms with Gasteiger partial charge in [-0.2, -0.15) is 0 Å². The SMILES string of the molecule is Clc1cnccc1C=C1CNC1. The van der Waals surface area contributed by atoms with Crippen LogP contribution in [-0.2, 0) is 0 Å². The molecule has 0 amide bonds. The van der Waals surface area contributed by atoms with Gasteiger partial charge in [-0.15, -0.1) is 0 Å². The fourth-order valence-electron chi connectivity index (χ4n) is 1.09. The first kappa shape index (κ1) is 7.77. The lowest BCUT2D eigenvalue weighted by Crippen LogP contribution is -2.33. The molecule has 3 heteroatoms. The van der Waals surface area contributed by atoms with Gasteiger partial charge in [0.15, 0.2) is 0 Å². The number of nitrogens with one attached hydrogen (secondary N) is 1. The van der Waals surface area contributed by atoms with Crippen LogP contribution in [0.15, 0.2) is 24.0 Å². The first-order valence-electron chi connectivity index (χ1n) is 3.86. The van der Waals surface area contributed by atoms with Crippen molar-refractivity contribution < 1.29 is 0 Å². The Balaban J connectivity index is 2.27. The highest BCUT2D eigenvalue weighted by atomic mass is 35.5. The van der Waals surface area contributed by atoms with E-state index in [1.807, 2.05) is 6.07 Å². The Morgan fingerprint density at radius 2 is 2.33 bits per heavy atom. The van der Waals surface area contributed by atoms with Gasteiger partial charge in [0.25, 0.3) is 0 Å². The van der Waals surface area contributed by atoms with Crippen LogP contribution in [0.5, 0.6) is 0 Å². The minimum Gasteiger partial charge on any atom is -0.309 e. The first-order valence-corrected chi connectivity index (χ1v) is 4.24. The van der Waals surface area contributed by atoms with Gasteiger partial charge >= 0.3 is 0 Å². The molecule has 0 aromatic carbocycles. The smallest absolute Gasteiger partial charge is 0.0661 e. The summed E-state index contributed by atoms with van der Waals surface area (Å²) in [6, 6.07) is 1.92. The highest BCUT2D eigenvalue weighted by molar-refractivity contribution is 6.31. The van der Waals surface area contributed by atoms with Crippen LogP contribution in [0.1, 0.15) is 5.56 Å². The van der Waals surface area contributed by atoms with Crippen LogP contribution in [0.25, 0.3) is 6.08 Å². The van der Waals surface area contributed by atoms with Crippen LogP contribution in [0.4, 0.5) is 0 Å². The van der Waals surface area contributed by atoms with Crippen molar-refractivity contribution in [3.05, 3.63) is 34.6 Å². The number of hydrogen-bond acceptors (Lipinski definition) is 2. The van der Waals surface area contributed by atoms with E-state index in [9.17, 15) is 0 Å². The lowest BCUT2D eigenvalue weighted by atomic mass is 10.1. The lowest BCUT2D eigenvalue weighted by Gasteiger charge is -2.18. The molecule has 1 fully saturated rings. The molecule has 1 N–H and O–H groups in total. The fourth-order valence-corrected chi connectivity index (χ4v) is 1.27. The van der Waals surface area contributed by atoms with E-state index in [2.05, 4.69) is 16.4 Å². The predicted octanol–water partition coefficient (Wildman–Crippen LogP) is 1.72. The molecule has 0 spiro atoms. The largest absolute Gasteiger partial charge is 0.309 e. The second-order valence-electron chi connectivity index (χ2n) is 2.80. The summed E-state index contributed by atoms with van der Waals surface area (Å²) in [5.74, 6) is 0. The van der Waals surface area contributed by atoms with Gasteiger partial charge in [-0.05, 0) is 17.2 Å². The molecule has 1 aromatic heterocycles. The van der Waals surface area contributed by atoms with Crippen LogP contribution in [0.3, 0.4) is 0 Å². The molecule has 0 bridgehead atoms. The van der Waals surface area contributed by atoms with Gasteiger partial charge in [0.1, 0.15) is 0 Å². The van der Waals surface area contributed by atoms with Gasteiger partial charge in [-0.3, -0.25) is 4.98 Å². The number of aromatic nitrogens is 1. The van der Waals surface area contributed by atoms with Crippen molar-refractivity contribution in [1.82, 2.24) is 10.3 Å². The van der Waals surface area contributed by atoms with Crippen molar-refractivity contribution in [2.24, 2.45) is 0 Å². The molecular formula is C9H9ClN2. The summed E-state index contributed by atoms with van der Waals surface area (Å²) < 4.78 is 0. The second-order valence-corrected chi connectivity index (χ2v) is 3.21. The Kier molecular flexibility index (Phi) is 2.11. The minimum absolute atomic E-state index is 0.719. The third-order valence-corrected chi connectivity index (χ3v) is 2.18. The standard InChI is InChI=1S/C9H9ClN2/c10-9-6-11-2-1-8(9)3-7-4-12-5-7/h1-3,6,12H,4-5H2. The van der Waals surface area contributed by atoms with E-state index in [1.165, 1.54) is 5.57 Å². The molecule has 2 heterocycles. The summed E-state index contributed by atoms with van der Waals surface area (Å²) in [4.78, 5) is 3.92.